The molecular formula is C16H16N2O4S2. The van der Waals surface area contributed by atoms with Crippen LogP contribution < -0.4 is 15.0 Å². The molecule has 0 unspecified atom stereocenters. The number of thiophene rings is 1. The SMILES string of the molecule is COc1ccc2cc(CCNS(=O)(=O)c3cccs3)c(=O)[nH]c2c1. The number of aromatic amines is 1. The summed E-state index contributed by atoms with van der Waals surface area (Å²) < 4.78 is 32.0. The number of fused-ring (bicyclic) bond motifs is 1. The lowest BCUT2D eigenvalue weighted by Gasteiger charge is -2.07. The number of methoxy groups -OCH3 is 1. The molecule has 0 aliphatic rings. The predicted octanol–water partition coefficient (Wildman–Crippen LogP) is 2.12. The molecular weight excluding hydrogens is 348 g/mol. The molecule has 0 saturated heterocycles. The van der Waals surface area contributed by atoms with Crippen LogP contribution in [0.2, 0.25) is 0 Å². The molecule has 0 bridgehead atoms. The summed E-state index contributed by atoms with van der Waals surface area (Å²) in [5.74, 6) is 0.662. The summed E-state index contributed by atoms with van der Waals surface area (Å²) >= 11 is 1.15. The Balaban J connectivity index is 1.76. The maximum Gasteiger partial charge on any atom is 0.251 e. The molecule has 0 aliphatic heterocycles. The van der Waals surface area contributed by atoms with Crippen LogP contribution >= 0.6 is 11.3 Å². The van der Waals surface area contributed by atoms with E-state index < -0.39 is 10.0 Å². The van der Waals surface area contributed by atoms with Gasteiger partial charge in [0.1, 0.15) is 9.96 Å². The van der Waals surface area contributed by atoms with Crippen molar-refractivity contribution in [2.75, 3.05) is 13.7 Å². The zero-order valence-electron chi connectivity index (χ0n) is 12.9. The number of aromatic nitrogens is 1. The first-order chi connectivity index (χ1) is 11.5. The van der Waals surface area contributed by atoms with E-state index in [1.54, 1.807) is 36.8 Å². The number of rotatable bonds is 6. The van der Waals surface area contributed by atoms with Gasteiger partial charge in [-0.25, -0.2) is 13.1 Å². The minimum atomic E-state index is -3.51. The third-order valence-electron chi connectivity index (χ3n) is 3.58. The van der Waals surface area contributed by atoms with Crippen LogP contribution in [0.4, 0.5) is 0 Å². The quantitative estimate of drug-likeness (QED) is 0.701. The first-order valence-corrected chi connectivity index (χ1v) is 9.59. The van der Waals surface area contributed by atoms with E-state index in [2.05, 4.69) is 9.71 Å². The number of hydrogen-bond acceptors (Lipinski definition) is 5. The molecule has 0 aliphatic carbocycles. The van der Waals surface area contributed by atoms with E-state index in [-0.39, 0.29) is 16.3 Å². The van der Waals surface area contributed by atoms with Gasteiger partial charge in [-0.15, -0.1) is 11.3 Å². The van der Waals surface area contributed by atoms with Crippen molar-refractivity contribution < 1.29 is 13.2 Å². The Hall–Kier alpha value is -2.16. The molecule has 126 valence electrons. The van der Waals surface area contributed by atoms with Gasteiger partial charge in [0.2, 0.25) is 10.0 Å². The molecule has 0 fully saturated rings. The summed E-state index contributed by atoms with van der Waals surface area (Å²) in [6.07, 6.45) is 0.307. The largest absolute Gasteiger partial charge is 0.497 e. The number of nitrogens with one attached hydrogen (secondary N) is 2. The topological polar surface area (TPSA) is 88.3 Å². The Kier molecular flexibility index (Phi) is 4.70. The van der Waals surface area contributed by atoms with Crippen LogP contribution in [0, 0.1) is 0 Å². The van der Waals surface area contributed by atoms with Crippen molar-refractivity contribution in [2.24, 2.45) is 0 Å². The van der Waals surface area contributed by atoms with Crippen LogP contribution in [0.15, 0.2) is 50.8 Å². The van der Waals surface area contributed by atoms with E-state index >= 15 is 0 Å². The number of pyridine rings is 1. The second kappa shape index (κ2) is 6.76. The van der Waals surface area contributed by atoms with E-state index in [9.17, 15) is 13.2 Å². The van der Waals surface area contributed by atoms with E-state index in [1.165, 1.54) is 0 Å². The second-order valence-corrected chi connectivity index (χ2v) is 8.10. The fraction of sp³-hybridized carbons (Fsp3) is 0.188. The average Bonchev–Trinajstić information content (AvgIpc) is 3.10. The fourth-order valence-electron chi connectivity index (χ4n) is 2.35. The Bertz CT molecular complexity index is 1010. The summed E-state index contributed by atoms with van der Waals surface area (Å²) in [6.45, 7) is 0.158. The third kappa shape index (κ3) is 3.50. The van der Waals surface area contributed by atoms with Gasteiger partial charge < -0.3 is 9.72 Å². The molecule has 2 heterocycles. The normalized spacial score (nSPS) is 11.7. The van der Waals surface area contributed by atoms with Crippen LogP contribution in [0.25, 0.3) is 10.9 Å². The van der Waals surface area contributed by atoms with E-state index in [4.69, 9.17) is 4.74 Å². The van der Waals surface area contributed by atoms with Crippen molar-refractivity contribution >= 4 is 32.3 Å². The Morgan fingerprint density at radius 2 is 2.08 bits per heavy atom. The highest BCUT2D eigenvalue weighted by atomic mass is 32.2. The number of H-pyrrole nitrogens is 1. The number of sulfonamides is 1. The molecule has 3 rings (SSSR count). The Morgan fingerprint density at radius 1 is 1.25 bits per heavy atom. The molecule has 3 aromatic rings. The van der Waals surface area contributed by atoms with Crippen molar-refractivity contribution in [2.45, 2.75) is 10.6 Å². The van der Waals surface area contributed by atoms with Crippen LogP contribution in [-0.2, 0) is 16.4 Å². The van der Waals surface area contributed by atoms with Crippen LogP contribution in [0.5, 0.6) is 5.75 Å². The summed E-state index contributed by atoms with van der Waals surface area (Å²) in [4.78, 5) is 14.9. The van der Waals surface area contributed by atoms with Gasteiger partial charge in [-0.3, -0.25) is 4.79 Å². The molecule has 6 nitrogen and oxygen atoms in total. The van der Waals surface area contributed by atoms with Crippen LogP contribution in [0.3, 0.4) is 0 Å². The third-order valence-corrected chi connectivity index (χ3v) is 6.43. The van der Waals surface area contributed by atoms with Gasteiger partial charge in [-0.2, -0.15) is 0 Å². The van der Waals surface area contributed by atoms with Crippen molar-refractivity contribution in [1.82, 2.24) is 9.71 Å². The van der Waals surface area contributed by atoms with E-state index in [0.717, 1.165) is 16.7 Å². The molecule has 2 N–H and O–H groups in total. The highest BCUT2D eigenvalue weighted by Crippen LogP contribution is 2.19. The molecule has 0 radical (unpaired) electrons. The van der Waals surface area contributed by atoms with Gasteiger partial charge in [0, 0.05) is 18.2 Å². The summed E-state index contributed by atoms with van der Waals surface area (Å²) in [6, 6.07) is 10.4. The van der Waals surface area contributed by atoms with Crippen LogP contribution in [-0.4, -0.2) is 27.1 Å². The summed E-state index contributed by atoms with van der Waals surface area (Å²) in [5.41, 5.74) is 0.981. The second-order valence-electron chi connectivity index (χ2n) is 5.16. The van der Waals surface area contributed by atoms with Gasteiger partial charge in [-0.1, -0.05) is 6.07 Å². The molecule has 8 heteroatoms. The number of ether oxygens (including phenoxy) is 1. The van der Waals surface area contributed by atoms with Gasteiger partial charge in [0.05, 0.1) is 12.6 Å². The fourth-order valence-corrected chi connectivity index (χ4v) is 4.41. The monoisotopic (exact) mass is 364 g/mol. The highest BCUT2D eigenvalue weighted by Gasteiger charge is 2.14. The molecule has 0 atom stereocenters. The van der Waals surface area contributed by atoms with Gasteiger partial charge in [-0.05, 0) is 41.5 Å². The predicted molar refractivity (Wildman–Crippen MR) is 94.3 cm³/mol. The minimum Gasteiger partial charge on any atom is -0.497 e. The standard InChI is InChI=1S/C16H16N2O4S2/c1-22-13-5-4-11-9-12(16(19)18-14(11)10-13)6-7-17-24(20,21)15-3-2-8-23-15/h2-5,8-10,17H,6-7H2,1H3,(H,18,19). The molecule has 2 aromatic heterocycles. The summed E-state index contributed by atoms with van der Waals surface area (Å²) in [5, 5.41) is 2.57. The lowest BCUT2D eigenvalue weighted by atomic mass is 10.1. The maximum atomic E-state index is 12.1. The van der Waals surface area contributed by atoms with Crippen LogP contribution in [0.1, 0.15) is 5.56 Å². The molecule has 24 heavy (non-hydrogen) atoms. The zero-order chi connectivity index (χ0) is 17.2. The number of hydrogen-bond donors (Lipinski definition) is 2. The lowest BCUT2D eigenvalue weighted by Crippen LogP contribution is -2.27. The first-order valence-electron chi connectivity index (χ1n) is 7.23. The van der Waals surface area contributed by atoms with Gasteiger partial charge in [0.15, 0.2) is 0 Å². The zero-order valence-corrected chi connectivity index (χ0v) is 14.5. The first kappa shape index (κ1) is 16.7. The highest BCUT2D eigenvalue weighted by molar-refractivity contribution is 7.91. The van der Waals surface area contributed by atoms with Crippen molar-refractivity contribution in [1.29, 1.82) is 0 Å². The smallest absolute Gasteiger partial charge is 0.251 e. The van der Waals surface area contributed by atoms with E-state index in [1.807, 2.05) is 12.1 Å². The molecule has 0 amide bonds. The van der Waals surface area contributed by atoms with Crippen molar-refractivity contribution in [3.8, 4) is 5.75 Å². The molecule has 0 spiro atoms. The minimum absolute atomic E-state index is 0.158. The Labute approximate surface area is 143 Å². The lowest BCUT2D eigenvalue weighted by molar-refractivity contribution is 0.415. The van der Waals surface area contributed by atoms with Gasteiger partial charge in [0.25, 0.3) is 5.56 Å². The molecule has 1 aromatic carbocycles. The van der Waals surface area contributed by atoms with Crippen molar-refractivity contribution in [3.63, 3.8) is 0 Å². The number of benzene rings is 1. The van der Waals surface area contributed by atoms with Gasteiger partial charge >= 0.3 is 0 Å². The maximum absolute atomic E-state index is 12.1. The van der Waals surface area contributed by atoms with Crippen molar-refractivity contribution in [3.05, 3.63) is 57.7 Å². The van der Waals surface area contributed by atoms with E-state index in [0.29, 0.717) is 23.3 Å². The Morgan fingerprint density at radius 3 is 2.79 bits per heavy atom. The summed E-state index contributed by atoms with van der Waals surface area (Å²) in [7, 11) is -1.95. The average molecular weight is 364 g/mol. The molecule has 0 saturated carbocycles.